The Morgan fingerprint density at radius 3 is 2.59 bits per heavy atom. The first-order chi connectivity index (χ1) is 8.15. The Labute approximate surface area is 100 Å². The molecule has 17 heavy (non-hydrogen) atoms. The van der Waals surface area contributed by atoms with Gasteiger partial charge < -0.3 is 15.3 Å². The quantitative estimate of drug-likeness (QED) is 0.584. The minimum absolute atomic E-state index is 0.0435. The smallest absolute Gasteiger partial charge is 0.139 e. The summed E-state index contributed by atoms with van der Waals surface area (Å²) in [7, 11) is 0. The molecule has 0 unspecified atom stereocenters. The number of nitrogens with two attached hydrogens (primary N) is 1. The van der Waals surface area contributed by atoms with E-state index >= 15 is 0 Å². The molecule has 0 bridgehead atoms. The molecule has 3 heteroatoms. The van der Waals surface area contributed by atoms with Gasteiger partial charge in [-0.25, -0.2) is 0 Å². The van der Waals surface area contributed by atoms with E-state index in [0.29, 0.717) is 22.1 Å². The molecule has 0 aliphatic carbocycles. The third-order valence-corrected chi connectivity index (χ3v) is 2.27. The second-order valence-corrected chi connectivity index (χ2v) is 3.21. The molecule has 1 aromatic carbocycles. The van der Waals surface area contributed by atoms with Gasteiger partial charge in [0.05, 0.1) is 11.1 Å². The molecular formula is C14H17NO2. The number of phenolic OH excluding ortho intramolecular Hbond substituents is 1. The molecule has 2 aromatic rings. The van der Waals surface area contributed by atoms with E-state index in [-0.39, 0.29) is 5.75 Å². The van der Waals surface area contributed by atoms with E-state index in [1.165, 1.54) is 6.07 Å². The third-order valence-electron chi connectivity index (χ3n) is 2.27. The summed E-state index contributed by atoms with van der Waals surface area (Å²) in [5.41, 5.74) is 7.21. The molecule has 0 saturated carbocycles. The van der Waals surface area contributed by atoms with Crippen LogP contribution in [-0.2, 0) is 0 Å². The lowest BCUT2D eigenvalue weighted by Gasteiger charge is -1.97. The number of phenols is 1. The van der Waals surface area contributed by atoms with Crippen LogP contribution in [0, 0.1) is 0 Å². The first-order valence-electron chi connectivity index (χ1n) is 5.47. The summed E-state index contributed by atoms with van der Waals surface area (Å²) in [5, 5.41) is 10.9. The Bertz CT molecular complexity index is 638. The van der Waals surface area contributed by atoms with Crippen LogP contribution in [0.1, 0.15) is 13.8 Å². The fourth-order valence-corrected chi connectivity index (χ4v) is 1.57. The van der Waals surface area contributed by atoms with Crippen LogP contribution in [0.5, 0.6) is 5.75 Å². The lowest BCUT2D eigenvalue weighted by Crippen LogP contribution is -2.18. The van der Waals surface area contributed by atoms with Crippen molar-refractivity contribution < 1.29 is 9.52 Å². The van der Waals surface area contributed by atoms with E-state index < -0.39 is 0 Å². The lowest BCUT2D eigenvalue weighted by molar-refractivity contribution is 0.478. The maximum absolute atomic E-state index is 9.49. The SMILES string of the molecule is C=C/C=c1\c(=C)oc2ccc(O)c(N)c12.CC. The van der Waals surface area contributed by atoms with E-state index in [1.54, 1.807) is 18.2 Å². The van der Waals surface area contributed by atoms with Gasteiger partial charge in [0.2, 0.25) is 0 Å². The van der Waals surface area contributed by atoms with Crippen molar-refractivity contribution in [2.45, 2.75) is 13.8 Å². The summed E-state index contributed by atoms with van der Waals surface area (Å²) in [6.45, 7) is 11.4. The van der Waals surface area contributed by atoms with Crippen LogP contribution in [0.2, 0.25) is 0 Å². The van der Waals surface area contributed by atoms with Crippen molar-refractivity contribution in [3.63, 3.8) is 0 Å². The van der Waals surface area contributed by atoms with Crippen molar-refractivity contribution >= 4 is 29.3 Å². The third kappa shape index (κ3) is 2.18. The number of hydrogen-bond donors (Lipinski definition) is 2. The minimum atomic E-state index is 0.0435. The highest BCUT2D eigenvalue weighted by Gasteiger charge is 2.08. The van der Waals surface area contributed by atoms with Crippen molar-refractivity contribution in [2.75, 3.05) is 5.73 Å². The molecule has 0 spiro atoms. The van der Waals surface area contributed by atoms with Crippen LogP contribution < -0.4 is 16.4 Å². The van der Waals surface area contributed by atoms with Gasteiger partial charge in [-0.15, -0.1) is 0 Å². The Morgan fingerprint density at radius 1 is 1.35 bits per heavy atom. The van der Waals surface area contributed by atoms with Gasteiger partial charge in [0, 0.05) is 5.22 Å². The Kier molecular flexibility index (Phi) is 3.99. The number of hydrogen-bond acceptors (Lipinski definition) is 3. The molecule has 2 rings (SSSR count). The van der Waals surface area contributed by atoms with Crippen molar-refractivity contribution in [3.05, 3.63) is 35.4 Å². The lowest BCUT2D eigenvalue weighted by atomic mass is 10.1. The van der Waals surface area contributed by atoms with E-state index in [1.807, 2.05) is 13.8 Å². The van der Waals surface area contributed by atoms with Gasteiger partial charge in [0.15, 0.2) is 0 Å². The van der Waals surface area contributed by atoms with Gasteiger partial charge in [0.25, 0.3) is 0 Å². The number of furan rings is 1. The number of anilines is 1. The maximum atomic E-state index is 9.49. The zero-order valence-corrected chi connectivity index (χ0v) is 10.2. The van der Waals surface area contributed by atoms with E-state index in [9.17, 15) is 5.11 Å². The fraction of sp³-hybridized carbons (Fsp3) is 0.143. The molecule has 0 radical (unpaired) electrons. The van der Waals surface area contributed by atoms with E-state index in [0.717, 1.165) is 5.22 Å². The van der Waals surface area contributed by atoms with Crippen molar-refractivity contribution in [1.82, 2.24) is 0 Å². The molecular weight excluding hydrogens is 214 g/mol. The maximum Gasteiger partial charge on any atom is 0.139 e. The number of aromatic hydroxyl groups is 1. The van der Waals surface area contributed by atoms with E-state index in [4.69, 9.17) is 10.2 Å². The summed E-state index contributed by atoms with van der Waals surface area (Å²) in [5.74, 6) is 0.0435. The molecule has 3 nitrogen and oxygen atoms in total. The van der Waals surface area contributed by atoms with Crippen LogP contribution >= 0.6 is 0 Å². The van der Waals surface area contributed by atoms with Gasteiger partial charge in [0.1, 0.15) is 16.7 Å². The first-order valence-corrected chi connectivity index (χ1v) is 5.47. The van der Waals surface area contributed by atoms with Gasteiger partial charge in [-0.1, -0.05) is 39.2 Å². The van der Waals surface area contributed by atoms with Crippen LogP contribution in [-0.4, -0.2) is 5.11 Å². The minimum Gasteiger partial charge on any atom is -0.506 e. The molecule has 1 heterocycles. The second kappa shape index (κ2) is 5.25. The highest BCUT2D eigenvalue weighted by Crippen LogP contribution is 2.26. The highest BCUT2D eigenvalue weighted by molar-refractivity contribution is 5.93. The number of nitrogen functional groups attached to an aromatic ring is 1. The summed E-state index contributed by atoms with van der Waals surface area (Å²) in [6.07, 6.45) is 3.38. The van der Waals surface area contributed by atoms with Crippen LogP contribution in [0.3, 0.4) is 0 Å². The van der Waals surface area contributed by atoms with Gasteiger partial charge in [-0.05, 0) is 12.1 Å². The van der Waals surface area contributed by atoms with Crippen molar-refractivity contribution in [1.29, 1.82) is 0 Å². The number of rotatable bonds is 1. The Morgan fingerprint density at radius 2 is 2.00 bits per heavy atom. The number of allylic oxidation sites excluding steroid dienone is 1. The molecule has 0 aliphatic rings. The summed E-state index contributed by atoms with van der Waals surface area (Å²) in [6, 6.07) is 3.16. The number of benzene rings is 1. The zero-order chi connectivity index (χ0) is 13.0. The predicted octanol–water partition coefficient (Wildman–Crippen LogP) is 2.12. The fourth-order valence-electron chi connectivity index (χ4n) is 1.57. The molecule has 0 amide bonds. The molecule has 0 fully saturated rings. The van der Waals surface area contributed by atoms with Crippen LogP contribution in [0.4, 0.5) is 5.69 Å². The molecule has 0 aliphatic heterocycles. The second-order valence-electron chi connectivity index (χ2n) is 3.21. The molecule has 3 N–H and O–H groups in total. The zero-order valence-electron chi connectivity index (χ0n) is 10.2. The highest BCUT2D eigenvalue weighted by atomic mass is 16.3. The average Bonchev–Trinajstić information content (AvgIpc) is 2.65. The standard InChI is InChI=1S/C12H11NO2.C2H6/c1-3-4-8-7(2)15-10-6-5-9(14)12(13)11(8)10;1-2/h3-6,14H,1-2,13H2;1-2H3/b8-4+;. The number of fused-ring (bicyclic) bond motifs is 1. The summed E-state index contributed by atoms with van der Waals surface area (Å²) >= 11 is 0. The molecule has 0 saturated heterocycles. The van der Waals surface area contributed by atoms with Gasteiger partial charge in [-0.3, -0.25) is 0 Å². The Hall–Kier alpha value is -2.16. The summed E-state index contributed by atoms with van der Waals surface area (Å²) in [4.78, 5) is 0. The molecule has 90 valence electrons. The monoisotopic (exact) mass is 231 g/mol. The van der Waals surface area contributed by atoms with E-state index in [2.05, 4.69) is 13.2 Å². The average molecular weight is 231 g/mol. The normalized spacial score (nSPS) is 11.1. The van der Waals surface area contributed by atoms with Gasteiger partial charge >= 0.3 is 0 Å². The first kappa shape index (κ1) is 12.9. The predicted molar refractivity (Wildman–Crippen MR) is 73.1 cm³/mol. The van der Waals surface area contributed by atoms with Crippen LogP contribution in [0.25, 0.3) is 23.6 Å². The summed E-state index contributed by atoms with van der Waals surface area (Å²) < 4.78 is 5.41. The Balaban J connectivity index is 0.000000686. The van der Waals surface area contributed by atoms with Crippen molar-refractivity contribution in [2.24, 2.45) is 0 Å². The van der Waals surface area contributed by atoms with Crippen molar-refractivity contribution in [3.8, 4) is 5.75 Å². The molecule has 0 atom stereocenters. The van der Waals surface area contributed by atoms with Crippen LogP contribution in [0.15, 0.2) is 29.2 Å². The molecule has 1 aromatic heterocycles. The largest absolute Gasteiger partial charge is 0.506 e. The topological polar surface area (TPSA) is 59.4 Å². The van der Waals surface area contributed by atoms with Gasteiger partial charge in [-0.2, -0.15) is 0 Å².